The van der Waals surface area contributed by atoms with Gasteiger partial charge < -0.3 is 4.90 Å². The number of hydrogen-bond acceptors (Lipinski definition) is 3. The molecule has 1 aliphatic heterocycles. The second kappa shape index (κ2) is 7.87. The summed E-state index contributed by atoms with van der Waals surface area (Å²) in [6.07, 6.45) is 8.18. The standard InChI is InChI=1S/C19H28N2O3S/c1-25(23,24)21-13-11-20(12-14-21)19(22)15-16-7-9-18(10-8-16)17-5-3-2-4-6-17/h7-10,17H,2-6,11-15H2,1H3. The summed E-state index contributed by atoms with van der Waals surface area (Å²) in [7, 11) is -3.15. The highest BCUT2D eigenvalue weighted by Gasteiger charge is 2.26. The Bertz CT molecular complexity index is 686. The maximum Gasteiger partial charge on any atom is 0.227 e. The highest BCUT2D eigenvalue weighted by molar-refractivity contribution is 7.88. The number of rotatable bonds is 4. The third-order valence-electron chi connectivity index (χ3n) is 5.47. The van der Waals surface area contributed by atoms with E-state index in [1.807, 2.05) is 0 Å². The van der Waals surface area contributed by atoms with Crippen LogP contribution in [-0.2, 0) is 21.2 Å². The molecule has 1 aromatic carbocycles. The Morgan fingerprint density at radius 3 is 2.16 bits per heavy atom. The monoisotopic (exact) mass is 364 g/mol. The van der Waals surface area contributed by atoms with Gasteiger partial charge >= 0.3 is 0 Å². The van der Waals surface area contributed by atoms with Gasteiger partial charge in [-0.05, 0) is 29.9 Å². The molecule has 6 heteroatoms. The van der Waals surface area contributed by atoms with Crippen LogP contribution in [0.15, 0.2) is 24.3 Å². The van der Waals surface area contributed by atoms with Crippen molar-refractivity contribution in [3.8, 4) is 0 Å². The zero-order valence-electron chi connectivity index (χ0n) is 15.0. The SMILES string of the molecule is CS(=O)(=O)N1CCN(C(=O)Cc2ccc(C3CCCCC3)cc2)CC1. The number of carbonyl (C=O) groups excluding carboxylic acids is 1. The fraction of sp³-hybridized carbons (Fsp3) is 0.632. The van der Waals surface area contributed by atoms with E-state index in [1.54, 1.807) is 4.90 Å². The molecule has 5 nitrogen and oxygen atoms in total. The first-order valence-electron chi connectivity index (χ1n) is 9.25. The van der Waals surface area contributed by atoms with Crippen LogP contribution in [0.4, 0.5) is 0 Å². The molecule has 1 aromatic rings. The summed E-state index contributed by atoms with van der Waals surface area (Å²) < 4.78 is 24.5. The van der Waals surface area contributed by atoms with Crippen LogP contribution >= 0.6 is 0 Å². The second-order valence-electron chi connectivity index (χ2n) is 7.30. The van der Waals surface area contributed by atoms with Crippen LogP contribution in [0.1, 0.15) is 49.1 Å². The van der Waals surface area contributed by atoms with Gasteiger partial charge in [-0.25, -0.2) is 8.42 Å². The molecule has 0 unspecified atom stereocenters. The van der Waals surface area contributed by atoms with Crippen molar-refractivity contribution in [3.63, 3.8) is 0 Å². The zero-order chi connectivity index (χ0) is 17.9. The predicted octanol–water partition coefficient (Wildman–Crippen LogP) is 2.38. The van der Waals surface area contributed by atoms with E-state index in [1.165, 1.54) is 48.2 Å². The molecule has 0 radical (unpaired) electrons. The molecule has 1 heterocycles. The lowest BCUT2D eigenvalue weighted by molar-refractivity contribution is -0.131. The first kappa shape index (κ1) is 18.4. The van der Waals surface area contributed by atoms with Gasteiger partial charge in [0.05, 0.1) is 12.7 Å². The van der Waals surface area contributed by atoms with Gasteiger partial charge in [0.2, 0.25) is 15.9 Å². The van der Waals surface area contributed by atoms with Gasteiger partial charge in [-0.3, -0.25) is 4.79 Å². The summed E-state index contributed by atoms with van der Waals surface area (Å²) >= 11 is 0. The molecule has 1 saturated carbocycles. The molecule has 0 bridgehead atoms. The highest BCUT2D eigenvalue weighted by Crippen LogP contribution is 2.32. The van der Waals surface area contributed by atoms with Crippen molar-refractivity contribution in [1.82, 2.24) is 9.21 Å². The molecule has 2 aliphatic rings. The molecule has 1 saturated heterocycles. The third-order valence-corrected chi connectivity index (χ3v) is 6.78. The summed E-state index contributed by atoms with van der Waals surface area (Å²) in [6, 6.07) is 8.52. The molecule has 2 fully saturated rings. The lowest BCUT2D eigenvalue weighted by Crippen LogP contribution is -2.50. The Balaban J connectivity index is 1.53. The lowest BCUT2D eigenvalue weighted by Gasteiger charge is -2.33. The second-order valence-corrected chi connectivity index (χ2v) is 9.28. The summed E-state index contributed by atoms with van der Waals surface area (Å²) in [5.74, 6) is 0.765. The summed E-state index contributed by atoms with van der Waals surface area (Å²) in [5.41, 5.74) is 2.44. The van der Waals surface area contributed by atoms with Crippen molar-refractivity contribution < 1.29 is 13.2 Å². The van der Waals surface area contributed by atoms with Crippen molar-refractivity contribution in [2.24, 2.45) is 0 Å². The Kier molecular flexibility index (Phi) is 5.79. The summed E-state index contributed by atoms with van der Waals surface area (Å²) in [6.45, 7) is 1.74. The minimum atomic E-state index is -3.15. The molecular formula is C19H28N2O3S. The normalized spacial score (nSPS) is 20.6. The largest absolute Gasteiger partial charge is 0.340 e. The molecule has 0 aromatic heterocycles. The molecule has 1 amide bonds. The summed E-state index contributed by atoms with van der Waals surface area (Å²) in [4.78, 5) is 14.2. The topological polar surface area (TPSA) is 57.7 Å². The molecule has 25 heavy (non-hydrogen) atoms. The number of sulfonamides is 1. The quantitative estimate of drug-likeness (QED) is 0.824. The fourth-order valence-electron chi connectivity index (χ4n) is 3.90. The maximum atomic E-state index is 12.5. The number of amides is 1. The molecular weight excluding hydrogens is 336 g/mol. The van der Waals surface area contributed by atoms with Crippen molar-refractivity contribution in [3.05, 3.63) is 35.4 Å². The van der Waals surface area contributed by atoms with Crippen LogP contribution in [0.5, 0.6) is 0 Å². The van der Waals surface area contributed by atoms with Crippen molar-refractivity contribution in [2.45, 2.75) is 44.4 Å². The average Bonchev–Trinajstić information content (AvgIpc) is 2.62. The van der Waals surface area contributed by atoms with E-state index in [-0.39, 0.29) is 5.91 Å². The van der Waals surface area contributed by atoms with Gasteiger partial charge in [0.25, 0.3) is 0 Å². The molecule has 138 valence electrons. The minimum Gasteiger partial charge on any atom is -0.340 e. The third kappa shape index (κ3) is 4.82. The van der Waals surface area contributed by atoms with Crippen LogP contribution in [-0.4, -0.2) is 56.0 Å². The van der Waals surface area contributed by atoms with Gasteiger partial charge in [-0.15, -0.1) is 0 Å². The minimum absolute atomic E-state index is 0.0820. The average molecular weight is 365 g/mol. The zero-order valence-corrected chi connectivity index (χ0v) is 15.8. The van der Waals surface area contributed by atoms with E-state index in [0.717, 1.165) is 5.56 Å². The van der Waals surface area contributed by atoms with E-state index < -0.39 is 10.0 Å². The first-order chi connectivity index (χ1) is 11.9. The van der Waals surface area contributed by atoms with Crippen LogP contribution in [0.2, 0.25) is 0 Å². The maximum absolute atomic E-state index is 12.5. The number of hydrogen-bond donors (Lipinski definition) is 0. The van der Waals surface area contributed by atoms with Crippen LogP contribution in [0.3, 0.4) is 0 Å². The van der Waals surface area contributed by atoms with Crippen LogP contribution < -0.4 is 0 Å². The number of benzene rings is 1. The molecule has 3 rings (SSSR count). The van der Waals surface area contributed by atoms with Gasteiger partial charge in [0.15, 0.2) is 0 Å². The van der Waals surface area contributed by atoms with Crippen LogP contribution in [0, 0.1) is 0 Å². The highest BCUT2D eigenvalue weighted by atomic mass is 32.2. The first-order valence-corrected chi connectivity index (χ1v) is 11.1. The van der Waals surface area contributed by atoms with Crippen LogP contribution in [0.25, 0.3) is 0 Å². The molecule has 0 N–H and O–H groups in total. The van der Waals surface area contributed by atoms with E-state index in [9.17, 15) is 13.2 Å². The van der Waals surface area contributed by atoms with Gasteiger partial charge in [0.1, 0.15) is 0 Å². The van der Waals surface area contributed by atoms with Gasteiger partial charge in [-0.1, -0.05) is 43.5 Å². The van der Waals surface area contributed by atoms with Crippen molar-refractivity contribution in [2.75, 3.05) is 32.4 Å². The fourth-order valence-corrected chi connectivity index (χ4v) is 4.73. The number of nitrogens with zero attached hydrogens (tertiary/aromatic N) is 2. The summed E-state index contributed by atoms with van der Waals surface area (Å²) in [5, 5.41) is 0. The van der Waals surface area contributed by atoms with Crippen molar-refractivity contribution >= 4 is 15.9 Å². The predicted molar refractivity (Wildman–Crippen MR) is 99.0 cm³/mol. The van der Waals surface area contributed by atoms with E-state index in [4.69, 9.17) is 0 Å². The van der Waals surface area contributed by atoms with E-state index in [2.05, 4.69) is 24.3 Å². The van der Waals surface area contributed by atoms with Gasteiger partial charge in [-0.2, -0.15) is 4.31 Å². The lowest BCUT2D eigenvalue weighted by atomic mass is 9.84. The Morgan fingerprint density at radius 2 is 1.60 bits per heavy atom. The molecule has 1 aliphatic carbocycles. The molecule has 0 atom stereocenters. The van der Waals surface area contributed by atoms with E-state index >= 15 is 0 Å². The van der Waals surface area contributed by atoms with Gasteiger partial charge in [0, 0.05) is 26.2 Å². The number of carbonyl (C=O) groups is 1. The Hall–Kier alpha value is -1.40. The number of piperazine rings is 1. The Morgan fingerprint density at radius 1 is 1.00 bits per heavy atom. The smallest absolute Gasteiger partial charge is 0.227 e. The Labute approximate surface area is 151 Å². The molecule has 0 spiro atoms. The van der Waals surface area contributed by atoms with Crippen molar-refractivity contribution in [1.29, 1.82) is 0 Å². The van der Waals surface area contributed by atoms with E-state index in [0.29, 0.717) is 38.5 Å².